The molecule has 0 amide bonds. The van der Waals surface area contributed by atoms with Crippen molar-refractivity contribution in [2.75, 3.05) is 0 Å². The number of hydrogen-bond donors (Lipinski definition) is 1. The Bertz CT molecular complexity index is 758. The SMILES string of the molecule is Cc1csc(-c2cnc3ccn(CC(=O)O)c3c2)c1. The van der Waals surface area contributed by atoms with Gasteiger partial charge in [-0.1, -0.05) is 0 Å². The van der Waals surface area contributed by atoms with E-state index >= 15 is 0 Å². The predicted molar refractivity (Wildman–Crippen MR) is 75.4 cm³/mol. The van der Waals surface area contributed by atoms with Crippen molar-refractivity contribution >= 4 is 28.3 Å². The number of carboxylic acid groups (broad SMARTS) is 1. The van der Waals surface area contributed by atoms with Gasteiger partial charge in [0.2, 0.25) is 0 Å². The Morgan fingerprint density at radius 3 is 3.00 bits per heavy atom. The first-order chi connectivity index (χ1) is 9.13. The van der Waals surface area contributed by atoms with Gasteiger partial charge in [-0.25, -0.2) is 0 Å². The number of thiophene rings is 1. The van der Waals surface area contributed by atoms with Gasteiger partial charge in [0.05, 0.1) is 11.0 Å². The standard InChI is InChI=1S/C14H12N2O2S/c1-9-4-13(19-8-9)10-5-12-11(15-6-10)2-3-16(12)7-14(17)18/h2-6,8H,7H2,1H3,(H,17,18). The Morgan fingerprint density at radius 2 is 2.32 bits per heavy atom. The van der Waals surface area contributed by atoms with Gasteiger partial charge in [0, 0.05) is 22.8 Å². The van der Waals surface area contributed by atoms with E-state index in [0.29, 0.717) is 0 Å². The molecule has 3 heterocycles. The molecule has 0 saturated heterocycles. The van der Waals surface area contributed by atoms with Gasteiger partial charge in [-0.05, 0) is 36.1 Å². The molecular formula is C14H12N2O2S. The van der Waals surface area contributed by atoms with Crippen LogP contribution in [-0.4, -0.2) is 20.6 Å². The number of aliphatic carboxylic acids is 1. The maximum Gasteiger partial charge on any atom is 0.323 e. The number of carbonyl (C=O) groups is 1. The van der Waals surface area contributed by atoms with Gasteiger partial charge in [-0.15, -0.1) is 11.3 Å². The summed E-state index contributed by atoms with van der Waals surface area (Å²) < 4.78 is 1.70. The number of aryl methyl sites for hydroxylation is 1. The van der Waals surface area contributed by atoms with Gasteiger partial charge in [0.25, 0.3) is 0 Å². The van der Waals surface area contributed by atoms with Crippen LogP contribution in [0.3, 0.4) is 0 Å². The van der Waals surface area contributed by atoms with Crippen LogP contribution in [0.15, 0.2) is 36.0 Å². The lowest BCUT2D eigenvalue weighted by Crippen LogP contribution is -2.07. The zero-order chi connectivity index (χ0) is 13.4. The molecule has 0 fully saturated rings. The van der Waals surface area contributed by atoms with Crippen LogP contribution in [0.1, 0.15) is 5.56 Å². The quantitative estimate of drug-likeness (QED) is 0.796. The van der Waals surface area contributed by atoms with Crippen LogP contribution in [0.5, 0.6) is 0 Å². The first-order valence-corrected chi connectivity index (χ1v) is 6.73. The Labute approximate surface area is 113 Å². The fraction of sp³-hybridized carbons (Fsp3) is 0.143. The van der Waals surface area contributed by atoms with Crippen molar-refractivity contribution in [1.29, 1.82) is 0 Å². The Hall–Kier alpha value is -2.14. The van der Waals surface area contributed by atoms with Crippen LogP contribution in [0, 0.1) is 6.92 Å². The monoisotopic (exact) mass is 272 g/mol. The summed E-state index contributed by atoms with van der Waals surface area (Å²) in [5.41, 5.74) is 3.92. The molecule has 0 saturated carbocycles. The molecule has 0 aromatic carbocycles. The molecule has 96 valence electrons. The van der Waals surface area contributed by atoms with E-state index in [1.807, 2.05) is 18.3 Å². The Balaban J connectivity index is 2.10. The average Bonchev–Trinajstić information content (AvgIpc) is 2.95. The van der Waals surface area contributed by atoms with Crippen LogP contribution < -0.4 is 0 Å². The van der Waals surface area contributed by atoms with Crippen LogP contribution in [-0.2, 0) is 11.3 Å². The molecule has 4 nitrogen and oxygen atoms in total. The van der Waals surface area contributed by atoms with E-state index in [1.54, 1.807) is 22.1 Å². The molecule has 0 unspecified atom stereocenters. The normalized spacial score (nSPS) is 11.0. The summed E-state index contributed by atoms with van der Waals surface area (Å²) in [4.78, 5) is 16.4. The molecule has 0 radical (unpaired) electrons. The fourth-order valence-electron chi connectivity index (χ4n) is 2.06. The first-order valence-electron chi connectivity index (χ1n) is 5.86. The molecule has 1 N–H and O–H groups in total. The number of aromatic nitrogens is 2. The molecular weight excluding hydrogens is 260 g/mol. The van der Waals surface area contributed by atoms with Gasteiger partial charge >= 0.3 is 5.97 Å². The summed E-state index contributed by atoms with van der Waals surface area (Å²) in [6, 6.07) is 5.94. The minimum absolute atomic E-state index is 0.0436. The molecule has 0 atom stereocenters. The Kier molecular flexibility index (Phi) is 2.83. The third-order valence-electron chi connectivity index (χ3n) is 2.94. The van der Waals surface area contributed by atoms with E-state index in [9.17, 15) is 4.79 Å². The lowest BCUT2D eigenvalue weighted by atomic mass is 10.2. The highest BCUT2D eigenvalue weighted by Gasteiger charge is 2.08. The summed E-state index contributed by atoms with van der Waals surface area (Å²) in [5, 5.41) is 11.0. The maximum atomic E-state index is 10.8. The van der Waals surface area contributed by atoms with Crippen molar-refractivity contribution in [2.45, 2.75) is 13.5 Å². The summed E-state index contributed by atoms with van der Waals surface area (Å²) in [5.74, 6) is -0.852. The number of hydrogen-bond acceptors (Lipinski definition) is 3. The van der Waals surface area contributed by atoms with E-state index in [0.717, 1.165) is 21.5 Å². The zero-order valence-electron chi connectivity index (χ0n) is 10.3. The van der Waals surface area contributed by atoms with E-state index in [-0.39, 0.29) is 6.54 Å². The van der Waals surface area contributed by atoms with Gasteiger partial charge in [0.15, 0.2) is 0 Å². The second-order valence-corrected chi connectivity index (χ2v) is 5.37. The van der Waals surface area contributed by atoms with Crippen LogP contribution in [0.25, 0.3) is 21.5 Å². The molecule has 0 bridgehead atoms. The van der Waals surface area contributed by atoms with E-state index in [1.165, 1.54) is 5.56 Å². The minimum atomic E-state index is -0.852. The number of carboxylic acids is 1. The largest absolute Gasteiger partial charge is 0.480 e. The summed E-state index contributed by atoms with van der Waals surface area (Å²) in [7, 11) is 0. The molecule has 0 aliphatic rings. The number of fused-ring (bicyclic) bond motifs is 1. The van der Waals surface area contributed by atoms with Gasteiger partial charge in [-0.2, -0.15) is 0 Å². The highest BCUT2D eigenvalue weighted by Crippen LogP contribution is 2.28. The third kappa shape index (κ3) is 2.24. The first kappa shape index (κ1) is 11.9. The number of nitrogens with zero attached hydrogens (tertiary/aromatic N) is 2. The number of rotatable bonds is 3. The molecule has 19 heavy (non-hydrogen) atoms. The van der Waals surface area contributed by atoms with Gasteiger partial charge in [-0.3, -0.25) is 9.78 Å². The summed E-state index contributed by atoms with van der Waals surface area (Å²) in [6.07, 6.45) is 3.59. The number of pyridine rings is 1. The topological polar surface area (TPSA) is 55.1 Å². The third-order valence-corrected chi connectivity index (χ3v) is 4.04. The smallest absolute Gasteiger partial charge is 0.323 e. The maximum absolute atomic E-state index is 10.8. The highest BCUT2D eigenvalue weighted by molar-refractivity contribution is 7.13. The molecule has 3 rings (SSSR count). The minimum Gasteiger partial charge on any atom is -0.480 e. The van der Waals surface area contributed by atoms with Crippen molar-refractivity contribution in [3.63, 3.8) is 0 Å². The van der Waals surface area contributed by atoms with Crippen molar-refractivity contribution in [2.24, 2.45) is 0 Å². The summed E-state index contributed by atoms with van der Waals surface area (Å²) >= 11 is 1.67. The van der Waals surface area contributed by atoms with E-state index in [2.05, 4.69) is 23.4 Å². The fourth-order valence-corrected chi connectivity index (χ4v) is 2.95. The molecule has 5 heteroatoms. The summed E-state index contributed by atoms with van der Waals surface area (Å²) in [6.45, 7) is 2.01. The lowest BCUT2D eigenvalue weighted by molar-refractivity contribution is -0.137. The highest BCUT2D eigenvalue weighted by atomic mass is 32.1. The van der Waals surface area contributed by atoms with E-state index in [4.69, 9.17) is 5.11 Å². The van der Waals surface area contributed by atoms with Crippen LogP contribution in [0.2, 0.25) is 0 Å². The lowest BCUT2D eigenvalue weighted by Gasteiger charge is -2.03. The Morgan fingerprint density at radius 1 is 1.47 bits per heavy atom. The molecule has 3 aromatic heterocycles. The van der Waals surface area contributed by atoms with Crippen molar-refractivity contribution in [3.05, 3.63) is 41.5 Å². The average molecular weight is 272 g/mol. The van der Waals surface area contributed by atoms with Crippen LogP contribution >= 0.6 is 11.3 Å². The van der Waals surface area contributed by atoms with Crippen LogP contribution in [0.4, 0.5) is 0 Å². The van der Waals surface area contributed by atoms with Crippen molar-refractivity contribution in [1.82, 2.24) is 9.55 Å². The molecule has 0 spiro atoms. The van der Waals surface area contributed by atoms with Gasteiger partial charge in [0.1, 0.15) is 6.54 Å². The van der Waals surface area contributed by atoms with E-state index < -0.39 is 5.97 Å². The van der Waals surface area contributed by atoms with Gasteiger partial charge < -0.3 is 9.67 Å². The van der Waals surface area contributed by atoms with Crippen molar-refractivity contribution < 1.29 is 9.90 Å². The second kappa shape index (κ2) is 4.51. The molecule has 0 aliphatic carbocycles. The van der Waals surface area contributed by atoms with Crippen molar-refractivity contribution in [3.8, 4) is 10.4 Å². The zero-order valence-corrected chi connectivity index (χ0v) is 11.1. The molecule has 3 aromatic rings. The molecule has 0 aliphatic heterocycles. The second-order valence-electron chi connectivity index (χ2n) is 4.45. The predicted octanol–water partition coefficient (Wildman–Crippen LogP) is 3.16.